The van der Waals surface area contributed by atoms with Crippen molar-refractivity contribution in [2.24, 2.45) is 35.5 Å². The molecule has 0 aromatic carbocycles. The molecule has 14 nitrogen and oxygen atoms in total. The van der Waals surface area contributed by atoms with Gasteiger partial charge in [-0.05, 0) is 101 Å². The molecule has 3 fully saturated rings. The number of esters is 1. The van der Waals surface area contributed by atoms with Gasteiger partial charge in [0.05, 0.1) is 24.4 Å². The summed E-state index contributed by atoms with van der Waals surface area (Å²) in [5, 5.41) is 57.8. The number of rotatable bonds is 6. The molecule has 1 saturated carbocycles. The number of Topliss-reactive ketones (excluding diaryl/α,β-unsaturated/α-hetero) is 2. The summed E-state index contributed by atoms with van der Waals surface area (Å²) in [5.41, 5.74) is 1.32. The Morgan fingerprint density at radius 3 is 2.25 bits per heavy atom. The summed E-state index contributed by atoms with van der Waals surface area (Å²) in [4.78, 5) is 43.7. The number of hydrogen-bond acceptors (Lipinski definition) is 14. The van der Waals surface area contributed by atoms with Gasteiger partial charge in [0, 0.05) is 58.5 Å². The van der Waals surface area contributed by atoms with E-state index in [-0.39, 0.29) is 54.5 Å². The summed E-state index contributed by atoms with van der Waals surface area (Å²) in [6.07, 6.45) is 8.77. The van der Waals surface area contributed by atoms with E-state index in [9.17, 15) is 39.9 Å². The van der Waals surface area contributed by atoms with E-state index in [1.54, 1.807) is 41.1 Å². The molecule has 370 valence electrons. The highest BCUT2D eigenvalue weighted by Crippen LogP contribution is 2.40. The quantitative estimate of drug-likeness (QED) is 0.159. The van der Waals surface area contributed by atoms with Gasteiger partial charge in [-0.25, -0.2) is 0 Å². The van der Waals surface area contributed by atoms with E-state index >= 15 is 0 Å². The number of cyclic esters (lactones) is 1. The van der Waals surface area contributed by atoms with Crippen LogP contribution in [0.25, 0.3) is 0 Å². The fourth-order valence-electron chi connectivity index (χ4n) is 10.4. The minimum atomic E-state index is -2.13. The maximum atomic E-state index is 14.4. The Hall–Kier alpha value is -2.63. The van der Waals surface area contributed by atoms with Crippen LogP contribution in [0.3, 0.4) is 0 Å². The van der Waals surface area contributed by atoms with Crippen molar-refractivity contribution in [1.29, 1.82) is 0 Å². The highest BCUT2D eigenvalue weighted by atomic mass is 16.6. The maximum absolute atomic E-state index is 14.4. The van der Waals surface area contributed by atoms with Crippen LogP contribution in [-0.2, 0) is 38.1 Å². The van der Waals surface area contributed by atoms with Crippen molar-refractivity contribution < 1.29 is 63.6 Å². The first-order valence-electron chi connectivity index (χ1n) is 24.2. The second-order valence-electron chi connectivity index (χ2n) is 19.9. The number of fused-ring (bicyclic) bond motifs is 3. The Kier molecular flexibility index (Phi) is 21.7. The summed E-state index contributed by atoms with van der Waals surface area (Å²) in [6, 6.07) is -0.979. The third-order valence-corrected chi connectivity index (χ3v) is 14.8. The molecular weight excluding hydrogens is 835 g/mol. The van der Waals surface area contributed by atoms with Crippen LogP contribution in [0.5, 0.6) is 0 Å². The van der Waals surface area contributed by atoms with Gasteiger partial charge < -0.3 is 49.2 Å². The zero-order valence-corrected chi connectivity index (χ0v) is 40.8. The van der Waals surface area contributed by atoms with E-state index in [4.69, 9.17) is 23.7 Å². The number of aliphatic hydroxyl groups is 5. The number of ether oxygens (including phenoxy) is 5. The topological polar surface area (TPSA) is 202 Å². The van der Waals surface area contributed by atoms with Gasteiger partial charge in [0.25, 0.3) is 0 Å². The summed E-state index contributed by atoms with van der Waals surface area (Å²) in [5.74, 6) is -5.08. The minimum Gasteiger partial charge on any atom is -0.460 e. The molecule has 0 radical (unpaired) electrons. The first-order valence-corrected chi connectivity index (χ1v) is 24.2. The molecule has 0 aromatic heterocycles. The molecule has 7 unspecified atom stereocenters. The fraction of sp³-hybridized carbons (Fsp3) is 0.784. The predicted octanol–water partition coefficient (Wildman–Crippen LogP) is 5.76. The molecule has 1 aliphatic carbocycles. The number of allylic oxidation sites excluding steroid dienone is 6. The predicted molar refractivity (Wildman–Crippen MR) is 247 cm³/mol. The van der Waals surface area contributed by atoms with Gasteiger partial charge in [0.15, 0.2) is 11.6 Å². The number of ketones is 2. The summed E-state index contributed by atoms with van der Waals surface area (Å²) < 4.78 is 29.7. The zero-order chi connectivity index (χ0) is 48.2. The van der Waals surface area contributed by atoms with Crippen LogP contribution in [0, 0.1) is 35.5 Å². The highest BCUT2D eigenvalue weighted by Gasteiger charge is 2.53. The molecule has 4 aliphatic rings. The van der Waals surface area contributed by atoms with Crippen LogP contribution in [0.2, 0.25) is 0 Å². The standard InChI is InChI=1S/C51H83NO13/c1-30-16-12-11-13-17-31(2)42(61-8)28-38-21-19-36(7)51(60,65-38)48(57)49(58)52-23-15-14-18-39(52)50(59)64-43(33(4)26-37-20-22-40(53)44(27-37)62-9)29-41(54)32(3)25-35(6)46(56)47(63-10)45(55)34(5)24-30/h11-13,16-17,25,30,32-34,36-40,42-44,46-49,53,56-58,60H,14-15,18-24,26-29H2,1-10H3/b13-11+,16-12+,31-17+,35-25+/t30-,32-,33-,34?,36?,37?,38+,39?,40-,42+,43+,44?,46?,47+,48-,49+,51?/m1/s1. The molecule has 3 aliphatic heterocycles. The maximum Gasteiger partial charge on any atom is 0.323 e. The summed E-state index contributed by atoms with van der Waals surface area (Å²) in [6.45, 7) is 13.1. The molecule has 2 saturated heterocycles. The summed E-state index contributed by atoms with van der Waals surface area (Å²) in [7, 11) is 4.58. The van der Waals surface area contributed by atoms with Crippen LogP contribution in [0.15, 0.2) is 47.6 Å². The molecule has 14 heteroatoms. The second kappa shape index (κ2) is 25.7. The SMILES string of the molecule is COC1CC(C[C@@H](C)[C@@H]2CC(=O)[C@H](C)/C=C(\C)C(O)[C@@H](OC)C(=O)C(C)C[C@H](C)/C=C/C=C/C=C(\C)[C@@H](OC)C[C@@H]3CCC(C)C(O)(O3)[C@H](O)[C@H](O)N3CCCCC3C(=O)O2)CC[C@H]1O. The third kappa shape index (κ3) is 14.7. The number of piperidine rings is 1. The van der Waals surface area contributed by atoms with E-state index in [1.165, 1.54) is 12.0 Å². The molecule has 17 atom stereocenters. The number of methoxy groups -OCH3 is 3. The molecule has 0 aromatic rings. The molecule has 2 bridgehead atoms. The Morgan fingerprint density at radius 2 is 1.57 bits per heavy atom. The number of carbonyl (C=O) groups is 3. The Morgan fingerprint density at radius 1 is 0.846 bits per heavy atom. The van der Waals surface area contributed by atoms with Gasteiger partial charge >= 0.3 is 5.97 Å². The van der Waals surface area contributed by atoms with E-state index < -0.39 is 78.4 Å². The largest absolute Gasteiger partial charge is 0.460 e. The minimum absolute atomic E-state index is 0.0325. The third-order valence-electron chi connectivity index (χ3n) is 14.8. The average molecular weight is 918 g/mol. The van der Waals surface area contributed by atoms with Gasteiger partial charge in [0.2, 0.25) is 0 Å². The normalized spacial score (nSPS) is 42.9. The van der Waals surface area contributed by atoms with Crippen LogP contribution in [-0.4, -0.2) is 143 Å². The Balaban J connectivity index is 1.70. The van der Waals surface area contributed by atoms with Gasteiger partial charge in [-0.1, -0.05) is 77.5 Å². The molecule has 0 amide bonds. The van der Waals surface area contributed by atoms with Gasteiger partial charge in [0.1, 0.15) is 42.5 Å². The average Bonchev–Trinajstić information content (AvgIpc) is 3.28. The van der Waals surface area contributed by atoms with Crippen molar-refractivity contribution in [2.75, 3.05) is 27.9 Å². The van der Waals surface area contributed by atoms with E-state index in [0.717, 1.165) is 12.0 Å². The lowest BCUT2D eigenvalue weighted by atomic mass is 9.78. The number of carbonyl (C=O) groups excluding carboxylic acids is 3. The van der Waals surface area contributed by atoms with Gasteiger partial charge in [-0.2, -0.15) is 0 Å². The van der Waals surface area contributed by atoms with Crippen molar-refractivity contribution in [2.45, 2.75) is 192 Å². The first-order chi connectivity index (χ1) is 30.7. The van der Waals surface area contributed by atoms with Crippen molar-refractivity contribution in [3.63, 3.8) is 0 Å². The molecule has 0 spiro atoms. The monoisotopic (exact) mass is 918 g/mol. The Labute approximate surface area is 388 Å². The number of hydrogen-bond donors (Lipinski definition) is 5. The zero-order valence-electron chi connectivity index (χ0n) is 40.8. The van der Waals surface area contributed by atoms with Crippen molar-refractivity contribution in [3.8, 4) is 0 Å². The lowest BCUT2D eigenvalue weighted by Crippen LogP contribution is -2.64. The molecule has 5 N–H and O–H groups in total. The van der Waals surface area contributed by atoms with Crippen molar-refractivity contribution >= 4 is 17.5 Å². The lowest BCUT2D eigenvalue weighted by molar-refractivity contribution is -0.344. The molecule has 4 rings (SSSR count). The van der Waals surface area contributed by atoms with Crippen molar-refractivity contribution in [1.82, 2.24) is 4.90 Å². The lowest BCUT2D eigenvalue weighted by Gasteiger charge is -2.49. The first kappa shape index (κ1) is 55.0. The van der Waals surface area contributed by atoms with E-state index in [1.807, 2.05) is 58.1 Å². The van der Waals surface area contributed by atoms with Crippen LogP contribution >= 0.6 is 0 Å². The van der Waals surface area contributed by atoms with Crippen LogP contribution in [0.4, 0.5) is 0 Å². The Bertz CT molecular complexity index is 1660. The number of nitrogens with zero attached hydrogens (tertiary/aromatic N) is 1. The van der Waals surface area contributed by atoms with Crippen LogP contribution in [0.1, 0.15) is 126 Å². The van der Waals surface area contributed by atoms with Gasteiger partial charge in [-0.3, -0.25) is 19.3 Å². The van der Waals surface area contributed by atoms with Crippen LogP contribution < -0.4 is 0 Å². The molecule has 3 heterocycles. The number of aliphatic hydroxyl groups excluding tert-OH is 4. The molecule has 65 heavy (non-hydrogen) atoms. The summed E-state index contributed by atoms with van der Waals surface area (Å²) >= 11 is 0. The van der Waals surface area contributed by atoms with Crippen molar-refractivity contribution in [3.05, 3.63) is 47.6 Å². The van der Waals surface area contributed by atoms with Gasteiger partial charge in [-0.15, -0.1) is 0 Å². The highest BCUT2D eigenvalue weighted by molar-refractivity contribution is 5.86. The second-order valence-corrected chi connectivity index (χ2v) is 19.9. The fourth-order valence-corrected chi connectivity index (χ4v) is 10.4. The van der Waals surface area contributed by atoms with E-state index in [0.29, 0.717) is 69.8 Å². The smallest absolute Gasteiger partial charge is 0.323 e. The van der Waals surface area contributed by atoms with E-state index in [2.05, 4.69) is 0 Å². The molecular formula is C51H83NO13.